The second-order valence-corrected chi connectivity index (χ2v) is 11.8. The Morgan fingerprint density at radius 2 is 0.729 bits per heavy atom. The number of fused-ring (bicyclic) bond motifs is 6. The molecule has 2 aromatic heterocycles. The number of aromatic nitrogens is 2. The first-order valence-corrected chi connectivity index (χ1v) is 15.7. The lowest BCUT2D eigenvalue weighted by molar-refractivity contribution is 0.627. The van der Waals surface area contributed by atoms with Gasteiger partial charge in [0.05, 0.1) is 33.4 Å². The van der Waals surface area contributed by atoms with E-state index in [-0.39, 0.29) is 17.5 Å². The van der Waals surface area contributed by atoms with Crippen molar-refractivity contribution in [3.05, 3.63) is 175 Å². The number of nitrogens with zero attached hydrogens (tertiary/aromatic N) is 3. The molecule has 0 spiro atoms. The van der Waals surface area contributed by atoms with Gasteiger partial charge in [-0.2, -0.15) is 0 Å². The summed E-state index contributed by atoms with van der Waals surface area (Å²) < 4.78 is 47.2. The summed E-state index contributed by atoms with van der Waals surface area (Å²) >= 11 is 0. The Hall–Kier alpha value is -6.27. The highest BCUT2D eigenvalue weighted by atomic mass is 19.1. The van der Waals surface area contributed by atoms with E-state index in [1.165, 1.54) is 36.4 Å². The van der Waals surface area contributed by atoms with Gasteiger partial charge >= 0.3 is 0 Å². The average molecular weight is 630 g/mol. The predicted octanol–water partition coefficient (Wildman–Crippen LogP) is 11.8. The molecule has 48 heavy (non-hydrogen) atoms. The molecule has 9 rings (SSSR count). The summed E-state index contributed by atoms with van der Waals surface area (Å²) in [4.78, 5) is 2.15. The van der Waals surface area contributed by atoms with E-state index in [2.05, 4.69) is 62.6 Å². The Bertz CT molecular complexity index is 2470. The third-order valence-electron chi connectivity index (χ3n) is 9.08. The van der Waals surface area contributed by atoms with Crippen molar-refractivity contribution in [1.82, 2.24) is 9.13 Å². The molecule has 0 aliphatic carbocycles. The first-order valence-electron chi connectivity index (χ1n) is 15.7. The minimum atomic E-state index is -0.337. The normalized spacial score (nSPS) is 11.6. The molecule has 0 amide bonds. The topological polar surface area (TPSA) is 13.1 Å². The van der Waals surface area contributed by atoms with Crippen molar-refractivity contribution in [1.29, 1.82) is 0 Å². The number of anilines is 3. The van der Waals surface area contributed by atoms with Crippen LogP contribution >= 0.6 is 0 Å². The van der Waals surface area contributed by atoms with Crippen LogP contribution < -0.4 is 4.90 Å². The molecule has 0 atom stereocenters. The van der Waals surface area contributed by atoms with Crippen LogP contribution in [0.3, 0.4) is 0 Å². The summed E-state index contributed by atoms with van der Waals surface area (Å²) in [5.41, 5.74) is 7.86. The molecular formula is C42H26F3N3. The zero-order valence-corrected chi connectivity index (χ0v) is 25.5. The SMILES string of the molecule is Fc1ccc(N(c2cccc3c4ccccc4n(-c4ccc(F)cc4)c23)c2cccc3c4ccccc4n(-c4ccc(F)cc4)c23)cc1. The number of benzene rings is 7. The van der Waals surface area contributed by atoms with E-state index in [1.54, 1.807) is 36.4 Å². The monoisotopic (exact) mass is 629 g/mol. The van der Waals surface area contributed by atoms with Crippen molar-refractivity contribution in [2.24, 2.45) is 0 Å². The minimum absolute atomic E-state index is 0.312. The maximum atomic E-state index is 14.5. The van der Waals surface area contributed by atoms with Gasteiger partial charge in [0.15, 0.2) is 0 Å². The molecule has 0 N–H and O–H groups in total. The molecule has 0 fully saturated rings. The summed E-state index contributed by atoms with van der Waals surface area (Å²) in [5, 5.41) is 4.14. The molecule has 9 aromatic rings. The van der Waals surface area contributed by atoms with Gasteiger partial charge in [-0.3, -0.25) is 0 Å². The highest BCUT2D eigenvalue weighted by Crippen LogP contribution is 2.47. The summed E-state index contributed by atoms with van der Waals surface area (Å²) in [5.74, 6) is -0.961. The second-order valence-electron chi connectivity index (χ2n) is 11.8. The highest BCUT2D eigenvalue weighted by molar-refractivity contribution is 6.17. The fraction of sp³-hybridized carbons (Fsp3) is 0. The van der Waals surface area contributed by atoms with E-state index >= 15 is 0 Å². The zero-order valence-electron chi connectivity index (χ0n) is 25.5. The van der Waals surface area contributed by atoms with Crippen molar-refractivity contribution >= 4 is 60.7 Å². The number of hydrogen-bond donors (Lipinski definition) is 0. The summed E-state index contributed by atoms with van der Waals surface area (Å²) in [6.07, 6.45) is 0. The fourth-order valence-electron chi connectivity index (χ4n) is 7.08. The third kappa shape index (κ3) is 4.30. The van der Waals surface area contributed by atoms with Gasteiger partial charge < -0.3 is 14.0 Å². The third-order valence-corrected chi connectivity index (χ3v) is 9.08. The van der Waals surface area contributed by atoms with Crippen LogP contribution in [0.2, 0.25) is 0 Å². The minimum Gasteiger partial charge on any atom is -0.307 e. The molecular weight excluding hydrogens is 603 g/mol. The van der Waals surface area contributed by atoms with Crippen LogP contribution in [0, 0.1) is 17.5 Å². The van der Waals surface area contributed by atoms with E-state index in [0.717, 1.165) is 72.0 Å². The van der Waals surface area contributed by atoms with Crippen molar-refractivity contribution in [2.45, 2.75) is 0 Å². The molecule has 0 aliphatic heterocycles. The molecule has 0 aliphatic rings. The maximum absolute atomic E-state index is 14.5. The molecule has 2 heterocycles. The lowest BCUT2D eigenvalue weighted by Crippen LogP contribution is -2.13. The van der Waals surface area contributed by atoms with Crippen molar-refractivity contribution in [3.8, 4) is 11.4 Å². The lowest BCUT2D eigenvalue weighted by atomic mass is 10.1. The van der Waals surface area contributed by atoms with Crippen LogP contribution in [-0.2, 0) is 0 Å². The van der Waals surface area contributed by atoms with Crippen LogP contribution in [0.1, 0.15) is 0 Å². The molecule has 0 radical (unpaired) electrons. The molecule has 6 heteroatoms. The van der Waals surface area contributed by atoms with Crippen molar-refractivity contribution in [3.63, 3.8) is 0 Å². The van der Waals surface area contributed by atoms with E-state index < -0.39 is 0 Å². The van der Waals surface area contributed by atoms with Gasteiger partial charge in [-0.1, -0.05) is 60.7 Å². The van der Waals surface area contributed by atoms with Crippen LogP contribution in [0.15, 0.2) is 158 Å². The van der Waals surface area contributed by atoms with Gasteiger partial charge in [-0.15, -0.1) is 0 Å². The average Bonchev–Trinajstić information content (AvgIpc) is 3.64. The van der Waals surface area contributed by atoms with E-state index in [1.807, 2.05) is 36.4 Å². The molecule has 0 saturated carbocycles. The summed E-state index contributed by atoms with van der Waals surface area (Å²) in [7, 11) is 0. The van der Waals surface area contributed by atoms with E-state index in [0.29, 0.717) is 0 Å². The van der Waals surface area contributed by atoms with Crippen molar-refractivity contribution in [2.75, 3.05) is 4.90 Å². The van der Waals surface area contributed by atoms with Gasteiger partial charge in [0.25, 0.3) is 0 Å². The summed E-state index contributed by atoms with van der Waals surface area (Å²) in [6.45, 7) is 0. The molecule has 0 saturated heterocycles. The van der Waals surface area contributed by atoms with E-state index in [4.69, 9.17) is 0 Å². The largest absolute Gasteiger partial charge is 0.307 e. The smallest absolute Gasteiger partial charge is 0.123 e. The molecule has 3 nitrogen and oxygen atoms in total. The lowest BCUT2D eigenvalue weighted by Gasteiger charge is -2.28. The van der Waals surface area contributed by atoms with Crippen LogP contribution in [-0.4, -0.2) is 9.13 Å². The predicted molar refractivity (Wildman–Crippen MR) is 190 cm³/mol. The van der Waals surface area contributed by atoms with E-state index in [9.17, 15) is 13.2 Å². The number of hydrogen-bond acceptors (Lipinski definition) is 1. The van der Waals surface area contributed by atoms with Gasteiger partial charge in [-0.25, -0.2) is 13.2 Å². The first kappa shape index (κ1) is 28.0. The van der Waals surface area contributed by atoms with Gasteiger partial charge in [-0.05, 0) is 97.1 Å². The van der Waals surface area contributed by atoms with Crippen LogP contribution in [0.25, 0.3) is 55.0 Å². The quantitative estimate of drug-likeness (QED) is 0.185. The Labute approximate surface area is 273 Å². The fourth-order valence-corrected chi connectivity index (χ4v) is 7.08. The Kier molecular flexibility index (Phi) is 6.37. The Morgan fingerprint density at radius 3 is 1.17 bits per heavy atom. The Morgan fingerprint density at radius 1 is 0.354 bits per heavy atom. The summed E-state index contributed by atoms with van der Waals surface area (Å²) in [6, 6.07) is 48.3. The van der Waals surface area contributed by atoms with Gasteiger partial charge in [0, 0.05) is 38.6 Å². The van der Waals surface area contributed by atoms with Gasteiger partial charge in [0.2, 0.25) is 0 Å². The van der Waals surface area contributed by atoms with Crippen molar-refractivity contribution < 1.29 is 13.2 Å². The van der Waals surface area contributed by atoms with Gasteiger partial charge in [0.1, 0.15) is 17.5 Å². The molecule has 0 bridgehead atoms. The maximum Gasteiger partial charge on any atom is 0.123 e. The Balaban J connectivity index is 1.44. The number of rotatable bonds is 5. The zero-order chi connectivity index (χ0) is 32.4. The highest BCUT2D eigenvalue weighted by Gasteiger charge is 2.25. The molecule has 7 aromatic carbocycles. The standard InChI is InChI=1S/C42H26F3N3/c43-27-15-21-30(22-16-27)46(39-13-5-9-35-33-7-1-3-11-37(33)47(41(35)39)31-23-17-28(44)18-24-31)40-14-6-10-36-34-8-2-4-12-38(34)48(42(36)40)32-25-19-29(45)20-26-32/h1-26H. The molecule has 230 valence electrons. The first-order chi connectivity index (χ1) is 23.6. The molecule has 0 unspecified atom stereocenters. The number of halogens is 3. The van der Waals surface area contributed by atoms with Crippen LogP contribution in [0.5, 0.6) is 0 Å². The second kappa shape index (κ2) is 10.9. The van der Waals surface area contributed by atoms with Crippen LogP contribution in [0.4, 0.5) is 30.2 Å². The number of para-hydroxylation sites is 4.